The van der Waals surface area contributed by atoms with Gasteiger partial charge in [0.25, 0.3) is 0 Å². The van der Waals surface area contributed by atoms with Gasteiger partial charge in [0.05, 0.1) is 11.1 Å². The van der Waals surface area contributed by atoms with Crippen LogP contribution in [0, 0.1) is 17.2 Å². The minimum absolute atomic E-state index is 0.0560. The molecule has 3 aliphatic rings. The Bertz CT molecular complexity index is 782. The first-order valence-electron chi connectivity index (χ1n) is 10.1. The van der Waals surface area contributed by atoms with Crippen molar-refractivity contribution >= 4 is 11.7 Å². The summed E-state index contributed by atoms with van der Waals surface area (Å²) in [6, 6.07) is 2.09. The van der Waals surface area contributed by atoms with E-state index in [2.05, 4.69) is 21.4 Å². The molecule has 0 unspecified atom stereocenters. The first kappa shape index (κ1) is 19.1. The number of hydrogen-bond donors (Lipinski definition) is 2. The summed E-state index contributed by atoms with van der Waals surface area (Å²) in [6.45, 7) is 3.66. The molecule has 2 atom stereocenters. The van der Waals surface area contributed by atoms with Gasteiger partial charge < -0.3 is 20.1 Å². The third-order valence-corrected chi connectivity index (χ3v) is 6.69. The van der Waals surface area contributed by atoms with E-state index in [4.69, 9.17) is 4.74 Å². The lowest BCUT2D eigenvalue weighted by molar-refractivity contribution is -0.199. The van der Waals surface area contributed by atoms with Crippen LogP contribution in [0.5, 0.6) is 0 Å². The number of aromatic nitrogens is 2. The van der Waals surface area contributed by atoms with Gasteiger partial charge in [0.15, 0.2) is 11.5 Å². The number of rotatable bonds is 3. The molecular formula is C20H27N5O3. The molecule has 150 valence electrons. The quantitative estimate of drug-likeness (QED) is 0.802. The van der Waals surface area contributed by atoms with E-state index in [1.807, 2.05) is 11.8 Å². The van der Waals surface area contributed by atoms with Gasteiger partial charge in [-0.3, -0.25) is 4.79 Å². The lowest BCUT2D eigenvalue weighted by atomic mass is 9.72. The fourth-order valence-corrected chi connectivity index (χ4v) is 4.60. The van der Waals surface area contributed by atoms with Crippen LogP contribution in [-0.2, 0) is 9.53 Å². The smallest absolute Gasteiger partial charge is 0.223 e. The fraction of sp³-hybridized carbons (Fsp3) is 0.700. The first-order valence-corrected chi connectivity index (χ1v) is 10.1. The standard InChI is InChI=1S/C20H27N5O3/c1-19(24-17(26)14-3-2-4-14)7-12-28-20(18(19)27)5-10-25(11-6-20)16-15(13-21)22-8-9-23-16/h8-9,14,18,27H,2-7,10-12H2,1H3,(H,24,26)/t18-,19+/m0/s1. The number of carbonyl (C=O) groups excluding carboxylic acids is 1. The molecule has 28 heavy (non-hydrogen) atoms. The van der Waals surface area contributed by atoms with Crippen molar-refractivity contribution in [1.82, 2.24) is 15.3 Å². The van der Waals surface area contributed by atoms with Crippen LogP contribution in [0.25, 0.3) is 0 Å². The monoisotopic (exact) mass is 385 g/mol. The van der Waals surface area contributed by atoms with Gasteiger partial charge in [0.1, 0.15) is 12.2 Å². The van der Waals surface area contributed by atoms with Crippen molar-refractivity contribution in [3.63, 3.8) is 0 Å². The summed E-state index contributed by atoms with van der Waals surface area (Å²) >= 11 is 0. The highest BCUT2D eigenvalue weighted by atomic mass is 16.5. The Labute approximate surface area is 164 Å². The number of hydrogen-bond acceptors (Lipinski definition) is 7. The number of anilines is 1. The second-order valence-corrected chi connectivity index (χ2v) is 8.43. The van der Waals surface area contributed by atoms with Crippen molar-refractivity contribution in [2.75, 3.05) is 24.6 Å². The maximum Gasteiger partial charge on any atom is 0.223 e. The molecule has 2 N–H and O–H groups in total. The van der Waals surface area contributed by atoms with Crippen molar-refractivity contribution in [3.8, 4) is 6.07 Å². The summed E-state index contributed by atoms with van der Waals surface area (Å²) in [6.07, 6.45) is 7.10. The molecule has 1 aliphatic carbocycles. The molecule has 8 nitrogen and oxygen atoms in total. The number of amides is 1. The lowest BCUT2D eigenvalue weighted by Crippen LogP contribution is -2.69. The zero-order valence-electron chi connectivity index (χ0n) is 16.2. The average molecular weight is 385 g/mol. The van der Waals surface area contributed by atoms with E-state index < -0.39 is 17.2 Å². The van der Waals surface area contributed by atoms with E-state index in [1.54, 1.807) is 6.20 Å². The van der Waals surface area contributed by atoms with Crippen LogP contribution < -0.4 is 10.2 Å². The van der Waals surface area contributed by atoms with E-state index in [0.29, 0.717) is 50.5 Å². The first-order chi connectivity index (χ1) is 13.5. The Kier molecular flexibility index (Phi) is 4.98. The zero-order valence-corrected chi connectivity index (χ0v) is 16.2. The average Bonchev–Trinajstić information content (AvgIpc) is 2.65. The second kappa shape index (κ2) is 7.30. The van der Waals surface area contributed by atoms with Gasteiger partial charge in [0.2, 0.25) is 5.91 Å². The van der Waals surface area contributed by atoms with Crippen LogP contribution in [0.4, 0.5) is 5.82 Å². The SMILES string of the molecule is C[C@@]1(NC(=O)C2CCC2)CCOC2(CCN(c3nccnc3C#N)CC2)[C@H]1O. The third-order valence-electron chi connectivity index (χ3n) is 6.69. The summed E-state index contributed by atoms with van der Waals surface area (Å²) in [5.41, 5.74) is -1.07. The van der Waals surface area contributed by atoms with E-state index in [0.717, 1.165) is 19.3 Å². The van der Waals surface area contributed by atoms with Crippen LogP contribution in [0.3, 0.4) is 0 Å². The lowest BCUT2D eigenvalue weighted by Gasteiger charge is -2.54. The highest BCUT2D eigenvalue weighted by molar-refractivity contribution is 5.80. The van der Waals surface area contributed by atoms with Crippen molar-refractivity contribution < 1.29 is 14.6 Å². The summed E-state index contributed by atoms with van der Waals surface area (Å²) in [5.74, 6) is 0.720. The molecule has 1 aromatic heterocycles. The Morgan fingerprint density at radius 3 is 2.68 bits per heavy atom. The van der Waals surface area contributed by atoms with Gasteiger partial charge >= 0.3 is 0 Å². The predicted molar refractivity (Wildman–Crippen MR) is 101 cm³/mol. The van der Waals surface area contributed by atoms with Crippen molar-refractivity contribution in [2.24, 2.45) is 5.92 Å². The Morgan fingerprint density at radius 1 is 1.32 bits per heavy atom. The van der Waals surface area contributed by atoms with Gasteiger partial charge in [-0.25, -0.2) is 9.97 Å². The van der Waals surface area contributed by atoms with Gasteiger partial charge in [-0.05, 0) is 39.0 Å². The molecule has 1 aromatic rings. The molecule has 0 bridgehead atoms. The Morgan fingerprint density at radius 2 is 2.04 bits per heavy atom. The minimum Gasteiger partial charge on any atom is -0.388 e. The Hall–Kier alpha value is -2.24. The third kappa shape index (κ3) is 3.23. The second-order valence-electron chi connectivity index (χ2n) is 8.43. The number of nitrogens with zero attached hydrogens (tertiary/aromatic N) is 4. The molecule has 1 amide bonds. The summed E-state index contributed by atoms with van der Waals surface area (Å²) in [7, 11) is 0. The molecule has 0 aromatic carbocycles. The molecule has 2 saturated heterocycles. The maximum absolute atomic E-state index is 12.5. The number of carbonyl (C=O) groups is 1. The number of ether oxygens (including phenoxy) is 1. The van der Waals surface area contributed by atoms with Crippen LogP contribution in [0.2, 0.25) is 0 Å². The number of nitriles is 1. The topological polar surface area (TPSA) is 111 Å². The minimum atomic E-state index is -0.780. The number of nitrogens with one attached hydrogen (secondary N) is 1. The summed E-state index contributed by atoms with van der Waals surface area (Å²) in [4.78, 5) is 22.9. The normalized spacial score (nSPS) is 29.8. The number of aliphatic hydroxyl groups excluding tert-OH is 1. The molecular weight excluding hydrogens is 358 g/mol. The number of piperidine rings is 1. The maximum atomic E-state index is 12.5. The van der Waals surface area contributed by atoms with E-state index in [1.165, 1.54) is 6.20 Å². The van der Waals surface area contributed by atoms with E-state index >= 15 is 0 Å². The van der Waals surface area contributed by atoms with Gasteiger partial charge in [-0.2, -0.15) is 5.26 Å². The largest absolute Gasteiger partial charge is 0.388 e. The van der Waals surface area contributed by atoms with Crippen molar-refractivity contribution in [2.45, 2.75) is 62.7 Å². The molecule has 0 radical (unpaired) electrons. The molecule has 2 aliphatic heterocycles. The predicted octanol–water partition coefficient (Wildman–Crippen LogP) is 1.14. The van der Waals surface area contributed by atoms with Crippen molar-refractivity contribution in [3.05, 3.63) is 18.1 Å². The van der Waals surface area contributed by atoms with Crippen LogP contribution >= 0.6 is 0 Å². The van der Waals surface area contributed by atoms with E-state index in [-0.39, 0.29) is 11.8 Å². The molecule has 3 heterocycles. The molecule has 1 saturated carbocycles. The molecule has 3 fully saturated rings. The van der Waals surface area contributed by atoms with Crippen LogP contribution in [0.15, 0.2) is 12.4 Å². The van der Waals surface area contributed by atoms with Crippen LogP contribution in [0.1, 0.15) is 51.1 Å². The molecule has 4 rings (SSSR count). The van der Waals surface area contributed by atoms with Crippen molar-refractivity contribution in [1.29, 1.82) is 5.26 Å². The highest BCUT2D eigenvalue weighted by Crippen LogP contribution is 2.41. The molecule has 1 spiro atoms. The Balaban J connectivity index is 1.46. The highest BCUT2D eigenvalue weighted by Gasteiger charge is 2.54. The molecule has 8 heteroatoms. The van der Waals surface area contributed by atoms with Gasteiger partial charge in [-0.15, -0.1) is 0 Å². The van der Waals surface area contributed by atoms with Gasteiger partial charge in [0, 0.05) is 38.0 Å². The summed E-state index contributed by atoms with van der Waals surface area (Å²) in [5, 5.41) is 23.6. The van der Waals surface area contributed by atoms with Crippen LogP contribution in [-0.4, -0.2) is 57.9 Å². The summed E-state index contributed by atoms with van der Waals surface area (Å²) < 4.78 is 6.11. The van der Waals surface area contributed by atoms with E-state index in [9.17, 15) is 15.2 Å². The number of aliphatic hydroxyl groups is 1. The zero-order chi connectivity index (χ0) is 19.8. The fourth-order valence-electron chi connectivity index (χ4n) is 4.60. The van der Waals surface area contributed by atoms with Gasteiger partial charge in [-0.1, -0.05) is 6.42 Å².